The number of ether oxygens (including phenoxy) is 4. The molecule has 8 N–H and O–H groups in total. The second-order valence-electron chi connectivity index (χ2n) is 38.1. The number of amides is 5. The highest BCUT2D eigenvalue weighted by molar-refractivity contribution is 6.41. The van der Waals surface area contributed by atoms with Crippen LogP contribution >= 0.6 is 0 Å². The molecule has 4 heterocycles. The number of ketones is 9. The summed E-state index contributed by atoms with van der Waals surface area (Å²) in [7, 11) is 5.21. The summed E-state index contributed by atoms with van der Waals surface area (Å²) in [6.45, 7) is 10.4. The van der Waals surface area contributed by atoms with Crippen molar-refractivity contribution in [2.45, 2.75) is 362 Å². The maximum Gasteiger partial charge on any atom is 0.408 e. The Labute approximate surface area is 750 Å². The molecule has 0 aromatic carbocycles. The lowest BCUT2D eigenvalue weighted by molar-refractivity contribution is -0.148. The largest absolute Gasteiger partial charge is 0.450 e. The number of aromatic nitrogens is 8. The van der Waals surface area contributed by atoms with Gasteiger partial charge in [0, 0.05) is 113 Å². The molecule has 4 aromatic heterocycles. The van der Waals surface area contributed by atoms with Gasteiger partial charge in [0.25, 0.3) is 0 Å². The van der Waals surface area contributed by atoms with Gasteiger partial charge in [0.2, 0.25) is 29.0 Å². The summed E-state index contributed by atoms with van der Waals surface area (Å²) in [5, 5.41) is 53.4. The SMILES string of the molecule is CCOC(=O)N[C@@H](CC1(F)CCCC1)C(=O)CC1(C(=O)C(=O)Cc2ccn(C)n2)CCC1.CCOC(=O)N[C@@H](CC1(F)CCCC1)C(=O)CC1(C(O)C(=O)Cc2ccn(C)n2)CCC1.CCOC(=O)N[C@@H](CC1(F)CCCC1)C(=O)NC1(C(=O)C(=O)Cc2ccn[nH]2)CCC1.Cn1ccc(CC(=O)C(O)C2(CC(=O)[C@H](CC3(F)CCCC3)NC(=O)OC(C)(C)C)CCC2)n1. The molecule has 8 aliphatic carbocycles. The molecule has 8 saturated carbocycles. The van der Waals surface area contributed by atoms with E-state index in [1.165, 1.54) is 6.20 Å². The predicted octanol–water partition coefficient (Wildman–Crippen LogP) is 11.3. The van der Waals surface area contributed by atoms with Crippen LogP contribution in [0.5, 0.6) is 0 Å². The van der Waals surface area contributed by atoms with Crippen molar-refractivity contribution in [2.75, 3.05) is 19.8 Å². The topological polar surface area (TPSA) is 459 Å². The first-order valence-electron chi connectivity index (χ1n) is 45.9. The standard InChI is InChI=1S/C25H38FN3O5.C23H34FN3O5.C23H32FN3O5.C21H29FN4O5/c1-23(2,3)34-22(33)27-18(15-25(26)11-5-6-12-25)20(31)16-24(9-7-10-24)21(32)19(30)14-17-8-13-29(4)28-17;2*1-3-32-21(31)25-17(14-23(24)10-4-5-11-23)19(29)15-22(8-6-9-22)20(30)18(28)13-16-7-12-27(2)26-16;1-2-31-19(30)24-15(13-20(22)7-3-4-8-20)18(29)25-21(9-5-10-21)17(28)16(27)12-14-6-11-23-26-14/h8,13,18,21,32H,5-7,9-12,14-16H2,1-4H3,(H,27,33);7,12,17,20,30H,3-6,8-11,13-15H2,1-2H3,(H,25,31);7,12,17H,3-6,8-11,13-15H2,1-2H3,(H,25,31);6,11,15H,2-5,7-10,12-13H2,1H3,(H,23,26)(H,24,30)(H,25,29)/t18-,21?;17-,20?;17-;15-/m0000/s1. The summed E-state index contributed by atoms with van der Waals surface area (Å²) in [5.41, 5.74) is -8.92. The van der Waals surface area contributed by atoms with Crippen LogP contribution in [0.4, 0.5) is 36.7 Å². The first-order valence-corrected chi connectivity index (χ1v) is 45.9. The molecule has 0 radical (unpaired) electrons. The minimum absolute atomic E-state index is 0.0178. The Kier molecular flexibility index (Phi) is 36.1. The van der Waals surface area contributed by atoms with Crippen molar-refractivity contribution in [3.05, 3.63) is 71.8 Å². The third-order valence-corrected chi connectivity index (χ3v) is 26.8. The van der Waals surface area contributed by atoms with Crippen LogP contribution in [0.1, 0.15) is 289 Å². The van der Waals surface area contributed by atoms with Gasteiger partial charge in [-0.1, -0.05) is 70.6 Å². The number of aryl methyl sites for hydroxylation is 3. The van der Waals surface area contributed by atoms with E-state index in [4.69, 9.17) is 18.9 Å². The molecule has 8 fully saturated rings. The van der Waals surface area contributed by atoms with E-state index in [0.29, 0.717) is 132 Å². The van der Waals surface area contributed by atoms with Crippen LogP contribution in [-0.4, -0.2) is 222 Å². The minimum atomic E-state index is -1.56. The number of carbonyl (C=O) groups is 14. The summed E-state index contributed by atoms with van der Waals surface area (Å²) in [6.07, 6.45) is 14.8. The molecule has 5 amide bonds. The van der Waals surface area contributed by atoms with Gasteiger partial charge in [0.1, 0.15) is 52.1 Å². The van der Waals surface area contributed by atoms with Gasteiger partial charge in [-0.2, -0.15) is 20.4 Å². The fourth-order valence-corrected chi connectivity index (χ4v) is 19.1. The number of carbonyl (C=O) groups excluding carboxylic acids is 14. The van der Waals surface area contributed by atoms with E-state index in [9.17, 15) is 77.3 Å². The Hall–Kier alpha value is -9.94. The van der Waals surface area contributed by atoms with Gasteiger partial charge in [-0.05, 0) is 175 Å². The number of nitrogens with one attached hydrogen (secondary N) is 6. The zero-order valence-electron chi connectivity index (χ0n) is 76.2. The highest BCUT2D eigenvalue weighted by atomic mass is 19.2. The molecule has 2 unspecified atom stereocenters. The van der Waals surface area contributed by atoms with Gasteiger partial charge in [-0.15, -0.1) is 0 Å². The van der Waals surface area contributed by atoms with E-state index in [1.54, 1.807) is 120 Å². The third kappa shape index (κ3) is 29.0. The highest BCUT2D eigenvalue weighted by Crippen LogP contribution is 2.51. The van der Waals surface area contributed by atoms with Gasteiger partial charge in [-0.3, -0.25) is 67.1 Å². The number of alkyl halides is 4. The van der Waals surface area contributed by atoms with E-state index in [-0.39, 0.29) is 114 Å². The average molecular weight is 1820 g/mol. The molecule has 129 heavy (non-hydrogen) atoms. The number of aromatic amines is 1. The molecule has 0 bridgehead atoms. The second kappa shape index (κ2) is 45.3. The van der Waals surface area contributed by atoms with E-state index < -0.39 is 146 Å². The molecule has 37 heteroatoms. The van der Waals surface area contributed by atoms with E-state index in [2.05, 4.69) is 52.1 Å². The van der Waals surface area contributed by atoms with Crippen molar-refractivity contribution < 1.29 is 114 Å². The van der Waals surface area contributed by atoms with Crippen LogP contribution in [-0.2, 0) is 114 Å². The Morgan fingerprint density at radius 3 is 1.05 bits per heavy atom. The molecule has 6 atom stereocenters. The van der Waals surface area contributed by atoms with Crippen LogP contribution in [0.25, 0.3) is 0 Å². The van der Waals surface area contributed by atoms with Crippen LogP contribution < -0.4 is 26.6 Å². The van der Waals surface area contributed by atoms with Gasteiger partial charge in [-0.25, -0.2) is 36.7 Å². The summed E-state index contributed by atoms with van der Waals surface area (Å²) in [4.78, 5) is 178. The number of nitrogens with zero attached hydrogens (tertiary/aromatic N) is 7. The molecule has 33 nitrogen and oxygen atoms in total. The van der Waals surface area contributed by atoms with Crippen molar-refractivity contribution in [2.24, 2.45) is 37.4 Å². The molecule has 8 aliphatic rings. The fraction of sp³-hybridized carbons (Fsp3) is 0.717. The van der Waals surface area contributed by atoms with E-state index in [0.717, 1.165) is 70.6 Å². The summed E-state index contributed by atoms with van der Waals surface area (Å²) in [5.74, 6) is -5.11. The molecule has 0 saturated heterocycles. The minimum Gasteiger partial charge on any atom is -0.450 e. The normalized spacial score (nSPS) is 20.2. The van der Waals surface area contributed by atoms with Gasteiger partial charge < -0.3 is 55.7 Å². The van der Waals surface area contributed by atoms with E-state index in [1.807, 2.05) is 0 Å². The lowest BCUT2D eigenvalue weighted by Crippen LogP contribution is -2.64. The molecule has 714 valence electrons. The molecule has 4 aromatic rings. The number of hydrogen-bond acceptors (Lipinski definition) is 24. The first kappa shape index (κ1) is 103. The number of halogens is 4. The number of Topliss-reactive ketones (excluding diaryl/α,β-unsaturated/α-hetero) is 9. The predicted molar refractivity (Wildman–Crippen MR) is 460 cm³/mol. The highest BCUT2D eigenvalue weighted by Gasteiger charge is 2.55. The number of alkyl carbamates (subject to hydrolysis) is 4. The number of aliphatic hydroxyl groups excluding tert-OH is 2. The summed E-state index contributed by atoms with van der Waals surface area (Å²) < 4.78 is 85.4. The van der Waals surface area contributed by atoms with Crippen molar-refractivity contribution in [1.29, 1.82) is 0 Å². The summed E-state index contributed by atoms with van der Waals surface area (Å²) >= 11 is 0. The number of H-pyrrole nitrogens is 1. The number of aliphatic hydroxyl groups is 2. The Bertz CT molecular complexity index is 4530. The molecular formula is C92H133F4N13O20. The monoisotopic (exact) mass is 1820 g/mol. The maximum atomic E-state index is 15.3. The van der Waals surface area contributed by atoms with Gasteiger partial charge in [0.05, 0.1) is 80.7 Å². The zero-order valence-corrected chi connectivity index (χ0v) is 76.2. The van der Waals surface area contributed by atoms with Crippen LogP contribution in [0, 0.1) is 16.2 Å². The quantitative estimate of drug-likeness (QED) is 0.0116. The third-order valence-electron chi connectivity index (χ3n) is 26.8. The van der Waals surface area contributed by atoms with Crippen LogP contribution in [0.2, 0.25) is 0 Å². The van der Waals surface area contributed by atoms with Crippen LogP contribution in [0.15, 0.2) is 49.1 Å². The lowest BCUT2D eigenvalue weighted by Gasteiger charge is -2.45. The van der Waals surface area contributed by atoms with Gasteiger partial charge >= 0.3 is 24.4 Å². The molecule has 0 spiro atoms. The smallest absolute Gasteiger partial charge is 0.408 e. The molecule has 12 rings (SSSR count). The first-order chi connectivity index (χ1) is 60.9. The Morgan fingerprint density at radius 2 is 0.752 bits per heavy atom. The van der Waals surface area contributed by atoms with Crippen LogP contribution in [0.3, 0.4) is 0 Å². The van der Waals surface area contributed by atoms with Crippen molar-refractivity contribution >= 4 is 82.3 Å². The van der Waals surface area contributed by atoms with Crippen molar-refractivity contribution in [3.63, 3.8) is 0 Å². The Balaban J connectivity index is 0.000000194. The average Bonchev–Trinajstić information content (AvgIpc) is 1.62. The maximum absolute atomic E-state index is 15.3. The fourth-order valence-electron chi connectivity index (χ4n) is 19.1. The van der Waals surface area contributed by atoms with Crippen molar-refractivity contribution in [3.8, 4) is 0 Å². The van der Waals surface area contributed by atoms with Crippen molar-refractivity contribution in [1.82, 2.24) is 66.1 Å². The summed E-state index contributed by atoms with van der Waals surface area (Å²) in [6, 6.07) is 2.28. The van der Waals surface area contributed by atoms with E-state index >= 15 is 17.6 Å². The van der Waals surface area contributed by atoms with Gasteiger partial charge in [0.15, 0.2) is 28.9 Å². The zero-order chi connectivity index (χ0) is 94.3. The molecule has 0 aliphatic heterocycles. The Morgan fingerprint density at radius 1 is 0.419 bits per heavy atom. The molecular weight excluding hydrogens is 1680 g/mol. The second-order valence-corrected chi connectivity index (χ2v) is 38.1. The number of rotatable bonds is 42. The number of hydrogen-bond donors (Lipinski definition) is 8. The lowest BCUT2D eigenvalue weighted by atomic mass is 9.60.